The summed E-state index contributed by atoms with van der Waals surface area (Å²) in [5, 5.41) is 0. The summed E-state index contributed by atoms with van der Waals surface area (Å²) < 4.78 is 27.2. The van der Waals surface area contributed by atoms with E-state index in [0.29, 0.717) is 12.1 Å². The summed E-state index contributed by atoms with van der Waals surface area (Å²) in [6.45, 7) is 4.27. The van der Waals surface area contributed by atoms with Crippen LogP contribution in [0.15, 0.2) is 53.4 Å². The van der Waals surface area contributed by atoms with Crippen LogP contribution in [0, 0.1) is 5.92 Å². The van der Waals surface area contributed by atoms with Crippen molar-refractivity contribution in [1.82, 2.24) is 9.62 Å². The third-order valence-corrected chi connectivity index (χ3v) is 6.42. The molecule has 5 nitrogen and oxygen atoms in total. The van der Waals surface area contributed by atoms with Gasteiger partial charge in [0.2, 0.25) is 10.0 Å². The highest BCUT2D eigenvalue weighted by Crippen LogP contribution is 2.35. The molecule has 2 aromatic carbocycles. The summed E-state index contributed by atoms with van der Waals surface area (Å²) in [6, 6.07) is 14.4. The Bertz CT molecular complexity index is 921. The van der Waals surface area contributed by atoms with Gasteiger partial charge in [-0.15, -0.1) is 0 Å². The van der Waals surface area contributed by atoms with Crippen LogP contribution in [0.5, 0.6) is 0 Å². The Morgan fingerprint density at radius 1 is 1.15 bits per heavy atom. The van der Waals surface area contributed by atoms with Crippen molar-refractivity contribution < 1.29 is 13.2 Å². The van der Waals surface area contributed by atoms with Crippen molar-refractivity contribution in [2.75, 3.05) is 13.6 Å². The van der Waals surface area contributed by atoms with Crippen LogP contribution in [-0.2, 0) is 16.4 Å². The predicted molar refractivity (Wildman–Crippen MR) is 106 cm³/mol. The number of amides is 1. The SMILES string of the molecule is CC(C)CNS(=O)(=O)c1ccc(C(=O)N(C)[C@@H]2CCc3ccccc32)cc1. The van der Waals surface area contributed by atoms with Gasteiger partial charge < -0.3 is 4.90 Å². The van der Waals surface area contributed by atoms with Gasteiger partial charge in [-0.1, -0.05) is 38.1 Å². The number of hydrogen-bond donors (Lipinski definition) is 1. The van der Waals surface area contributed by atoms with E-state index >= 15 is 0 Å². The number of hydrogen-bond acceptors (Lipinski definition) is 3. The second kappa shape index (κ2) is 7.82. The number of carbonyl (C=O) groups is 1. The summed E-state index contributed by atoms with van der Waals surface area (Å²) >= 11 is 0. The quantitative estimate of drug-likeness (QED) is 0.828. The molecular formula is C21H26N2O3S. The van der Waals surface area contributed by atoms with Crippen molar-refractivity contribution in [1.29, 1.82) is 0 Å². The van der Waals surface area contributed by atoms with Gasteiger partial charge in [0.15, 0.2) is 0 Å². The zero-order chi connectivity index (χ0) is 19.6. The number of nitrogens with zero attached hydrogens (tertiary/aromatic N) is 1. The number of aryl methyl sites for hydroxylation is 1. The molecule has 144 valence electrons. The van der Waals surface area contributed by atoms with E-state index in [9.17, 15) is 13.2 Å². The van der Waals surface area contributed by atoms with Crippen molar-refractivity contribution in [2.24, 2.45) is 5.92 Å². The Hall–Kier alpha value is -2.18. The van der Waals surface area contributed by atoms with Gasteiger partial charge in [0.25, 0.3) is 5.91 Å². The van der Waals surface area contributed by atoms with E-state index in [1.807, 2.05) is 33.0 Å². The molecule has 1 atom stereocenters. The fourth-order valence-electron chi connectivity index (χ4n) is 3.42. The molecule has 1 aliphatic carbocycles. The molecule has 0 spiro atoms. The van der Waals surface area contributed by atoms with Gasteiger partial charge in [-0.2, -0.15) is 0 Å². The van der Waals surface area contributed by atoms with Crippen molar-refractivity contribution in [3.05, 3.63) is 65.2 Å². The Balaban J connectivity index is 1.74. The zero-order valence-electron chi connectivity index (χ0n) is 16.0. The van der Waals surface area contributed by atoms with Crippen LogP contribution in [-0.4, -0.2) is 32.8 Å². The van der Waals surface area contributed by atoms with E-state index in [1.54, 1.807) is 17.0 Å². The van der Waals surface area contributed by atoms with Gasteiger partial charge in [0, 0.05) is 19.2 Å². The van der Waals surface area contributed by atoms with Crippen molar-refractivity contribution in [2.45, 2.75) is 37.6 Å². The number of fused-ring (bicyclic) bond motifs is 1. The normalized spacial score (nSPS) is 16.4. The number of nitrogens with one attached hydrogen (secondary N) is 1. The first-order valence-corrected chi connectivity index (χ1v) is 10.7. The lowest BCUT2D eigenvalue weighted by Crippen LogP contribution is -2.30. The molecule has 0 radical (unpaired) electrons. The van der Waals surface area contributed by atoms with Crippen LogP contribution in [0.4, 0.5) is 0 Å². The van der Waals surface area contributed by atoms with Gasteiger partial charge in [-0.3, -0.25) is 4.79 Å². The molecule has 0 saturated heterocycles. The lowest BCUT2D eigenvalue weighted by molar-refractivity contribution is 0.0730. The minimum atomic E-state index is -3.55. The highest BCUT2D eigenvalue weighted by atomic mass is 32.2. The molecule has 0 aromatic heterocycles. The summed E-state index contributed by atoms with van der Waals surface area (Å²) in [5.41, 5.74) is 2.98. The van der Waals surface area contributed by atoms with Gasteiger partial charge in [-0.05, 0) is 54.2 Å². The molecule has 3 rings (SSSR count). The average Bonchev–Trinajstić information content (AvgIpc) is 3.09. The third kappa shape index (κ3) is 4.22. The van der Waals surface area contributed by atoms with E-state index in [4.69, 9.17) is 0 Å². The zero-order valence-corrected chi connectivity index (χ0v) is 16.8. The number of carbonyl (C=O) groups excluding carboxylic acids is 1. The number of benzene rings is 2. The predicted octanol–water partition coefficient (Wildman–Crippen LogP) is 3.38. The molecule has 2 aromatic rings. The number of rotatable bonds is 6. The van der Waals surface area contributed by atoms with Crippen LogP contribution in [0.3, 0.4) is 0 Å². The van der Waals surface area contributed by atoms with Crippen LogP contribution < -0.4 is 4.72 Å². The van der Waals surface area contributed by atoms with Crippen LogP contribution in [0.2, 0.25) is 0 Å². The van der Waals surface area contributed by atoms with Crippen molar-refractivity contribution >= 4 is 15.9 Å². The summed E-state index contributed by atoms with van der Waals surface area (Å²) in [5.74, 6) is 0.124. The maximum absolute atomic E-state index is 12.9. The highest BCUT2D eigenvalue weighted by molar-refractivity contribution is 7.89. The first-order valence-electron chi connectivity index (χ1n) is 9.24. The first kappa shape index (κ1) is 19.6. The molecule has 0 unspecified atom stereocenters. The van der Waals surface area contributed by atoms with Gasteiger partial charge >= 0.3 is 0 Å². The topological polar surface area (TPSA) is 66.5 Å². The fraction of sp³-hybridized carbons (Fsp3) is 0.381. The summed E-state index contributed by atoms with van der Waals surface area (Å²) in [4.78, 5) is 14.8. The van der Waals surface area contributed by atoms with Gasteiger partial charge in [-0.25, -0.2) is 13.1 Å². The smallest absolute Gasteiger partial charge is 0.254 e. The monoisotopic (exact) mass is 386 g/mol. The van der Waals surface area contributed by atoms with E-state index in [1.165, 1.54) is 23.3 Å². The molecule has 6 heteroatoms. The Morgan fingerprint density at radius 2 is 1.81 bits per heavy atom. The van der Waals surface area contributed by atoms with Crippen LogP contribution in [0.25, 0.3) is 0 Å². The molecule has 27 heavy (non-hydrogen) atoms. The maximum atomic E-state index is 12.9. The van der Waals surface area contributed by atoms with Crippen LogP contribution >= 0.6 is 0 Å². The lowest BCUT2D eigenvalue weighted by Gasteiger charge is -2.25. The molecule has 1 aliphatic rings. The maximum Gasteiger partial charge on any atom is 0.254 e. The fourth-order valence-corrected chi connectivity index (χ4v) is 4.63. The first-order chi connectivity index (χ1) is 12.8. The van der Waals surface area contributed by atoms with E-state index in [2.05, 4.69) is 16.9 Å². The minimum absolute atomic E-state index is 0.0600. The third-order valence-electron chi connectivity index (χ3n) is 4.98. The van der Waals surface area contributed by atoms with E-state index < -0.39 is 10.0 Å². The molecule has 0 heterocycles. The van der Waals surface area contributed by atoms with Crippen molar-refractivity contribution in [3.8, 4) is 0 Å². The molecular weight excluding hydrogens is 360 g/mol. The van der Waals surface area contributed by atoms with Gasteiger partial charge in [0.05, 0.1) is 10.9 Å². The molecule has 1 amide bonds. The molecule has 0 fully saturated rings. The van der Waals surface area contributed by atoms with E-state index in [0.717, 1.165) is 12.8 Å². The van der Waals surface area contributed by atoms with E-state index in [-0.39, 0.29) is 22.8 Å². The Kier molecular flexibility index (Phi) is 5.67. The second-order valence-electron chi connectivity index (χ2n) is 7.44. The summed E-state index contributed by atoms with van der Waals surface area (Å²) in [7, 11) is -1.74. The molecule has 1 N–H and O–H groups in total. The standard InChI is InChI=1S/C21H26N2O3S/c1-15(2)14-22-27(25,26)18-11-8-17(9-12-18)21(24)23(3)20-13-10-16-6-4-5-7-19(16)20/h4-9,11-12,15,20,22H,10,13-14H2,1-3H3/t20-/m1/s1. The molecule has 0 bridgehead atoms. The van der Waals surface area contributed by atoms with Crippen LogP contribution in [0.1, 0.15) is 47.8 Å². The second-order valence-corrected chi connectivity index (χ2v) is 9.21. The molecule has 0 aliphatic heterocycles. The largest absolute Gasteiger partial charge is 0.335 e. The van der Waals surface area contributed by atoms with Gasteiger partial charge in [0.1, 0.15) is 0 Å². The number of sulfonamides is 1. The minimum Gasteiger partial charge on any atom is -0.335 e. The Morgan fingerprint density at radius 3 is 2.48 bits per heavy atom. The average molecular weight is 387 g/mol. The van der Waals surface area contributed by atoms with Crippen molar-refractivity contribution in [3.63, 3.8) is 0 Å². The summed E-state index contributed by atoms with van der Waals surface area (Å²) in [6.07, 6.45) is 1.88. The Labute approximate surface area is 161 Å². The lowest BCUT2D eigenvalue weighted by atomic mass is 10.1. The highest BCUT2D eigenvalue weighted by Gasteiger charge is 2.29. The molecule has 0 saturated carbocycles.